The second-order valence-corrected chi connectivity index (χ2v) is 6.59. The zero-order valence-electron chi connectivity index (χ0n) is 11.8. The van der Waals surface area contributed by atoms with Gasteiger partial charge in [-0.05, 0) is 56.3 Å². The van der Waals surface area contributed by atoms with Crippen molar-refractivity contribution in [2.75, 3.05) is 0 Å². The molecule has 2 fully saturated rings. The highest BCUT2D eigenvalue weighted by Gasteiger charge is 2.41. The maximum absolute atomic E-state index is 10.9. The van der Waals surface area contributed by atoms with Gasteiger partial charge < -0.3 is 5.11 Å². The molecule has 0 aromatic heterocycles. The summed E-state index contributed by atoms with van der Waals surface area (Å²) >= 11 is 0. The van der Waals surface area contributed by atoms with Crippen LogP contribution >= 0.6 is 0 Å². The summed E-state index contributed by atoms with van der Waals surface area (Å²) in [6.45, 7) is 4.61. The molecule has 100 valence electrons. The number of hydrogen-bond donors (Lipinski definition) is 1. The van der Waals surface area contributed by atoms with Crippen molar-refractivity contribution in [3.8, 4) is 0 Å². The summed E-state index contributed by atoms with van der Waals surface area (Å²) in [5.74, 6) is 2.39. The topological polar surface area (TPSA) is 20.2 Å². The van der Waals surface area contributed by atoms with Crippen LogP contribution in [0.1, 0.15) is 78.1 Å². The van der Waals surface area contributed by atoms with Crippen molar-refractivity contribution in [3.63, 3.8) is 0 Å². The predicted octanol–water partition coefficient (Wildman–Crippen LogP) is 4.53. The molecule has 0 aliphatic heterocycles. The van der Waals surface area contributed by atoms with E-state index >= 15 is 0 Å². The van der Waals surface area contributed by atoms with Gasteiger partial charge >= 0.3 is 0 Å². The van der Waals surface area contributed by atoms with E-state index in [0.29, 0.717) is 5.92 Å². The minimum atomic E-state index is -0.292. The van der Waals surface area contributed by atoms with Crippen molar-refractivity contribution in [2.45, 2.75) is 83.7 Å². The van der Waals surface area contributed by atoms with Crippen LogP contribution in [0.5, 0.6) is 0 Å². The molecule has 0 bridgehead atoms. The van der Waals surface area contributed by atoms with Crippen LogP contribution in [-0.2, 0) is 0 Å². The Morgan fingerprint density at radius 3 is 2.18 bits per heavy atom. The fraction of sp³-hybridized carbons (Fsp3) is 1.00. The van der Waals surface area contributed by atoms with Gasteiger partial charge in [0.05, 0.1) is 5.60 Å². The van der Waals surface area contributed by atoms with Crippen molar-refractivity contribution in [2.24, 2.45) is 17.8 Å². The number of hydrogen-bond acceptors (Lipinski definition) is 1. The quantitative estimate of drug-likeness (QED) is 0.765. The average molecular weight is 238 g/mol. The molecule has 0 amide bonds. The lowest BCUT2D eigenvalue weighted by Gasteiger charge is -2.44. The minimum Gasteiger partial charge on any atom is -0.390 e. The molecule has 0 saturated heterocycles. The van der Waals surface area contributed by atoms with E-state index in [1.807, 2.05) is 0 Å². The average Bonchev–Trinajstić information content (AvgIpc) is 2.40. The smallest absolute Gasteiger partial charge is 0.0676 e. The second kappa shape index (κ2) is 5.73. The summed E-state index contributed by atoms with van der Waals surface area (Å²) in [7, 11) is 0. The van der Waals surface area contributed by atoms with Gasteiger partial charge in [0.2, 0.25) is 0 Å². The monoisotopic (exact) mass is 238 g/mol. The second-order valence-electron chi connectivity index (χ2n) is 6.59. The van der Waals surface area contributed by atoms with Gasteiger partial charge in [0.15, 0.2) is 0 Å². The van der Waals surface area contributed by atoms with Crippen molar-refractivity contribution in [1.29, 1.82) is 0 Å². The van der Waals surface area contributed by atoms with E-state index in [0.717, 1.165) is 24.7 Å². The third kappa shape index (κ3) is 3.05. The first-order valence-electron chi connectivity index (χ1n) is 7.90. The van der Waals surface area contributed by atoms with Gasteiger partial charge in [0.1, 0.15) is 0 Å². The maximum Gasteiger partial charge on any atom is 0.0676 e. The molecule has 2 unspecified atom stereocenters. The highest BCUT2D eigenvalue weighted by molar-refractivity contribution is 4.93. The molecule has 0 spiro atoms. The number of rotatable bonds is 3. The summed E-state index contributed by atoms with van der Waals surface area (Å²) in [5, 5.41) is 10.9. The lowest BCUT2D eigenvalue weighted by atomic mass is 9.65. The van der Waals surface area contributed by atoms with Gasteiger partial charge in [-0.15, -0.1) is 0 Å². The Bertz CT molecular complexity index is 228. The van der Waals surface area contributed by atoms with E-state index in [1.165, 1.54) is 51.4 Å². The molecule has 0 radical (unpaired) electrons. The standard InChI is InChI=1S/C16H30O/c1-3-13-8-10-16(17,11-9-13)15-7-5-6-14(4-2)12-15/h13-15,17H,3-12H2,1-2H3. The molecule has 1 N–H and O–H groups in total. The Balaban J connectivity index is 1.92. The molecule has 2 aliphatic rings. The van der Waals surface area contributed by atoms with E-state index in [1.54, 1.807) is 0 Å². The van der Waals surface area contributed by atoms with Crippen molar-refractivity contribution < 1.29 is 5.11 Å². The first-order valence-corrected chi connectivity index (χ1v) is 7.90. The Morgan fingerprint density at radius 1 is 0.941 bits per heavy atom. The molecular weight excluding hydrogens is 208 g/mol. The van der Waals surface area contributed by atoms with Crippen LogP contribution in [0, 0.1) is 17.8 Å². The van der Waals surface area contributed by atoms with Gasteiger partial charge in [-0.25, -0.2) is 0 Å². The van der Waals surface area contributed by atoms with Gasteiger partial charge in [-0.1, -0.05) is 39.5 Å². The van der Waals surface area contributed by atoms with Gasteiger partial charge in [-0.2, -0.15) is 0 Å². The highest BCUT2D eigenvalue weighted by Crippen LogP contribution is 2.45. The van der Waals surface area contributed by atoms with Crippen molar-refractivity contribution >= 4 is 0 Å². The van der Waals surface area contributed by atoms with Crippen LogP contribution in [-0.4, -0.2) is 10.7 Å². The molecule has 17 heavy (non-hydrogen) atoms. The molecule has 2 aliphatic carbocycles. The lowest BCUT2D eigenvalue weighted by Crippen LogP contribution is -2.43. The highest BCUT2D eigenvalue weighted by atomic mass is 16.3. The molecule has 2 rings (SSSR count). The Morgan fingerprint density at radius 2 is 1.59 bits per heavy atom. The first kappa shape index (κ1) is 13.4. The van der Waals surface area contributed by atoms with Crippen molar-refractivity contribution in [3.05, 3.63) is 0 Å². The maximum atomic E-state index is 10.9. The van der Waals surface area contributed by atoms with Gasteiger partial charge in [0.25, 0.3) is 0 Å². The van der Waals surface area contributed by atoms with Crippen LogP contribution in [0.15, 0.2) is 0 Å². The van der Waals surface area contributed by atoms with Crippen LogP contribution in [0.25, 0.3) is 0 Å². The molecular formula is C16H30O. The van der Waals surface area contributed by atoms with Crippen molar-refractivity contribution in [1.82, 2.24) is 0 Å². The van der Waals surface area contributed by atoms with E-state index in [4.69, 9.17) is 0 Å². The molecule has 2 atom stereocenters. The van der Waals surface area contributed by atoms with E-state index in [-0.39, 0.29) is 5.60 Å². The minimum absolute atomic E-state index is 0.292. The van der Waals surface area contributed by atoms with E-state index in [9.17, 15) is 5.11 Å². The normalized spacial score (nSPS) is 43.6. The fourth-order valence-corrected chi connectivity index (χ4v) is 4.14. The SMILES string of the molecule is CCC1CCC(O)(C2CCCC(CC)C2)CC1. The molecule has 0 aromatic rings. The zero-order valence-corrected chi connectivity index (χ0v) is 11.8. The summed E-state index contributed by atoms with van der Waals surface area (Å²) in [5.41, 5.74) is -0.292. The summed E-state index contributed by atoms with van der Waals surface area (Å²) in [4.78, 5) is 0. The van der Waals surface area contributed by atoms with Crippen LogP contribution in [0.4, 0.5) is 0 Å². The Kier molecular flexibility index (Phi) is 4.52. The Hall–Kier alpha value is -0.0400. The third-order valence-corrected chi connectivity index (χ3v) is 5.67. The van der Waals surface area contributed by atoms with E-state index < -0.39 is 0 Å². The zero-order chi connectivity index (χ0) is 12.3. The predicted molar refractivity (Wildman–Crippen MR) is 72.9 cm³/mol. The van der Waals surface area contributed by atoms with Crippen LogP contribution < -0.4 is 0 Å². The van der Waals surface area contributed by atoms with Gasteiger partial charge in [0, 0.05) is 0 Å². The largest absolute Gasteiger partial charge is 0.390 e. The molecule has 0 aromatic carbocycles. The molecule has 2 saturated carbocycles. The number of aliphatic hydroxyl groups is 1. The summed E-state index contributed by atoms with van der Waals surface area (Å²) in [6.07, 6.45) is 12.6. The lowest BCUT2D eigenvalue weighted by molar-refractivity contribution is -0.0772. The fourth-order valence-electron chi connectivity index (χ4n) is 4.14. The van der Waals surface area contributed by atoms with E-state index in [2.05, 4.69) is 13.8 Å². The van der Waals surface area contributed by atoms with Gasteiger partial charge in [-0.3, -0.25) is 0 Å². The third-order valence-electron chi connectivity index (χ3n) is 5.67. The summed E-state index contributed by atoms with van der Waals surface area (Å²) in [6, 6.07) is 0. The first-order chi connectivity index (χ1) is 8.18. The molecule has 1 nitrogen and oxygen atoms in total. The molecule has 1 heteroatoms. The summed E-state index contributed by atoms with van der Waals surface area (Å²) < 4.78 is 0. The Labute approximate surface area is 107 Å². The van der Waals surface area contributed by atoms with Crippen LogP contribution in [0.2, 0.25) is 0 Å². The van der Waals surface area contributed by atoms with Crippen LogP contribution in [0.3, 0.4) is 0 Å². The molecule has 0 heterocycles.